The van der Waals surface area contributed by atoms with Gasteiger partial charge in [0.05, 0.1) is 6.54 Å². The van der Waals surface area contributed by atoms with Crippen molar-refractivity contribution in [3.63, 3.8) is 0 Å². The predicted octanol–water partition coefficient (Wildman–Crippen LogP) is 2.41. The van der Waals surface area contributed by atoms with E-state index in [-0.39, 0.29) is 5.91 Å². The molecule has 1 aliphatic carbocycles. The Morgan fingerprint density at radius 1 is 1.21 bits per heavy atom. The van der Waals surface area contributed by atoms with Crippen molar-refractivity contribution in [1.82, 2.24) is 20.9 Å². The van der Waals surface area contributed by atoms with Crippen molar-refractivity contribution in [2.24, 2.45) is 4.99 Å². The molecule has 1 saturated carbocycles. The summed E-state index contributed by atoms with van der Waals surface area (Å²) in [6.45, 7) is 5.50. The Labute approximate surface area is 170 Å². The van der Waals surface area contributed by atoms with Gasteiger partial charge in [0.15, 0.2) is 5.96 Å². The molecular formula is C22H37N5O. The maximum absolute atomic E-state index is 11.8. The van der Waals surface area contributed by atoms with Gasteiger partial charge in [0.1, 0.15) is 0 Å². The zero-order valence-corrected chi connectivity index (χ0v) is 17.8. The minimum absolute atomic E-state index is 0.0493. The third kappa shape index (κ3) is 7.50. The van der Waals surface area contributed by atoms with Gasteiger partial charge in [-0.15, -0.1) is 0 Å². The molecule has 2 rings (SSSR count). The largest absolute Gasteiger partial charge is 0.357 e. The molecule has 0 spiro atoms. The normalized spacial score (nSPS) is 15.5. The van der Waals surface area contributed by atoms with Crippen LogP contribution in [-0.2, 0) is 6.42 Å². The Morgan fingerprint density at radius 2 is 2.00 bits per heavy atom. The second-order valence-corrected chi connectivity index (χ2v) is 7.49. The number of benzene rings is 1. The van der Waals surface area contributed by atoms with E-state index in [1.54, 1.807) is 7.05 Å². The number of guanidine groups is 1. The third-order valence-corrected chi connectivity index (χ3v) is 5.39. The molecule has 1 fully saturated rings. The molecular weight excluding hydrogens is 350 g/mol. The summed E-state index contributed by atoms with van der Waals surface area (Å²) in [5, 5.41) is 9.39. The Bertz CT molecular complexity index is 625. The number of amides is 1. The monoisotopic (exact) mass is 387 g/mol. The quantitative estimate of drug-likeness (QED) is 0.450. The maximum Gasteiger partial charge on any atom is 0.251 e. The Balaban J connectivity index is 1.78. The average molecular weight is 388 g/mol. The van der Waals surface area contributed by atoms with Gasteiger partial charge in [0.25, 0.3) is 5.91 Å². The van der Waals surface area contributed by atoms with E-state index in [0.29, 0.717) is 5.56 Å². The van der Waals surface area contributed by atoms with Gasteiger partial charge in [0, 0.05) is 38.3 Å². The first-order valence-corrected chi connectivity index (χ1v) is 10.7. The molecule has 0 unspecified atom stereocenters. The number of hydrogen-bond donors (Lipinski definition) is 3. The lowest BCUT2D eigenvalue weighted by Crippen LogP contribution is -2.39. The lowest BCUT2D eigenvalue weighted by atomic mass is 9.94. The van der Waals surface area contributed by atoms with Gasteiger partial charge in [-0.3, -0.25) is 9.79 Å². The van der Waals surface area contributed by atoms with Crippen molar-refractivity contribution in [3.8, 4) is 0 Å². The minimum atomic E-state index is -0.0493. The van der Waals surface area contributed by atoms with Crippen molar-refractivity contribution in [1.29, 1.82) is 0 Å². The van der Waals surface area contributed by atoms with Crippen LogP contribution < -0.4 is 16.0 Å². The lowest BCUT2D eigenvalue weighted by molar-refractivity contribution is 0.0963. The van der Waals surface area contributed by atoms with E-state index in [0.717, 1.165) is 50.2 Å². The van der Waals surface area contributed by atoms with Gasteiger partial charge in [-0.25, -0.2) is 0 Å². The Morgan fingerprint density at radius 3 is 2.71 bits per heavy atom. The first-order valence-electron chi connectivity index (χ1n) is 10.7. The summed E-state index contributed by atoms with van der Waals surface area (Å²) >= 11 is 0. The predicted molar refractivity (Wildman–Crippen MR) is 117 cm³/mol. The zero-order chi connectivity index (χ0) is 20.2. The summed E-state index contributed by atoms with van der Waals surface area (Å²) in [5.41, 5.74) is 1.84. The summed E-state index contributed by atoms with van der Waals surface area (Å²) in [4.78, 5) is 19.0. The van der Waals surface area contributed by atoms with Crippen LogP contribution in [0.5, 0.6) is 0 Å². The van der Waals surface area contributed by atoms with Gasteiger partial charge in [-0.1, -0.05) is 31.4 Å². The summed E-state index contributed by atoms with van der Waals surface area (Å²) in [6.07, 6.45) is 7.62. The van der Waals surface area contributed by atoms with Crippen LogP contribution in [-0.4, -0.2) is 63.1 Å². The molecule has 0 bridgehead atoms. The molecule has 1 amide bonds. The molecule has 1 aromatic rings. The first kappa shape index (κ1) is 22.2. The average Bonchev–Trinajstić information content (AvgIpc) is 2.74. The van der Waals surface area contributed by atoms with Crippen LogP contribution in [0.3, 0.4) is 0 Å². The molecule has 0 atom stereocenters. The standard InChI is InChI=1S/C22H37N5O/c1-4-24-22(26-15-16-27(3)20-11-6-5-7-12-20)25-14-13-18-9-8-10-19(17-18)21(28)23-2/h8-10,17,20H,4-7,11-16H2,1-3H3,(H,23,28)(H2,24,25,26). The first-order chi connectivity index (χ1) is 13.6. The van der Waals surface area contributed by atoms with Crippen molar-refractivity contribution in [2.45, 2.75) is 51.5 Å². The number of carbonyl (C=O) groups excluding carboxylic acids is 1. The molecule has 1 aliphatic rings. The highest BCUT2D eigenvalue weighted by Crippen LogP contribution is 2.21. The molecule has 3 N–H and O–H groups in total. The molecule has 0 heterocycles. The van der Waals surface area contributed by atoms with E-state index in [4.69, 9.17) is 4.99 Å². The van der Waals surface area contributed by atoms with Gasteiger partial charge >= 0.3 is 0 Å². The summed E-state index contributed by atoms with van der Waals surface area (Å²) in [7, 11) is 3.88. The van der Waals surface area contributed by atoms with E-state index in [1.807, 2.05) is 18.2 Å². The van der Waals surface area contributed by atoms with Crippen LogP contribution in [0.25, 0.3) is 0 Å². The van der Waals surface area contributed by atoms with Crippen molar-refractivity contribution in [3.05, 3.63) is 35.4 Å². The van der Waals surface area contributed by atoms with Crippen molar-refractivity contribution >= 4 is 11.9 Å². The summed E-state index contributed by atoms with van der Waals surface area (Å²) in [5.74, 6) is 0.814. The SMILES string of the molecule is CCNC(=NCCN(C)C1CCCCC1)NCCc1cccc(C(=O)NC)c1. The van der Waals surface area contributed by atoms with Gasteiger partial charge < -0.3 is 20.9 Å². The zero-order valence-electron chi connectivity index (χ0n) is 17.8. The van der Waals surface area contributed by atoms with Crippen LogP contribution in [0, 0.1) is 0 Å². The van der Waals surface area contributed by atoms with Crippen molar-refractivity contribution < 1.29 is 4.79 Å². The van der Waals surface area contributed by atoms with Crippen molar-refractivity contribution in [2.75, 3.05) is 40.3 Å². The Hall–Kier alpha value is -2.08. The lowest BCUT2D eigenvalue weighted by Gasteiger charge is -2.30. The van der Waals surface area contributed by atoms with Crippen LogP contribution >= 0.6 is 0 Å². The van der Waals surface area contributed by atoms with Gasteiger partial charge in [-0.05, 0) is 50.9 Å². The maximum atomic E-state index is 11.8. The smallest absolute Gasteiger partial charge is 0.251 e. The third-order valence-electron chi connectivity index (χ3n) is 5.39. The fourth-order valence-corrected chi connectivity index (χ4v) is 3.70. The number of nitrogens with zero attached hydrogens (tertiary/aromatic N) is 2. The van der Waals surface area contributed by atoms with E-state index >= 15 is 0 Å². The molecule has 28 heavy (non-hydrogen) atoms. The molecule has 0 radical (unpaired) electrons. The minimum Gasteiger partial charge on any atom is -0.357 e. The molecule has 0 aliphatic heterocycles. The highest BCUT2D eigenvalue weighted by molar-refractivity contribution is 5.94. The van der Waals surface area contributed by atoms with Crippen LogP contribution in [0.2, 0.25) is 0 Å². The van der Waals surface area contributed by atoms with E-state index in [1.165, 1.54) is 32.1 Å². The van der Waals surface area contributed by atoms with E-state index < -0.39 is 0 Å². The Kier molecular flexibility index (Phi) is 9.83. The number of carbonyl (C=O) groups is 1. The summed E-state index contributed by atoms with van der Waals surface area (Å²) < 4.78 is 0. The van der Waals surface area contributed by atoms with Gasteiger partial charge in [-0.2, -0.15) is 0 Å². The van der Waals surface area contributed by atoms with Crippen LogP contribution in [0.1, 0.15) is 54.9 Å². The number of aliphatic imine (C=N–C) groups is 1. The number of nitrogens with one attached hydrogen (secondary N) is 3. The van der Waals surface area contributed by atoms with Crippen LogP contribution in [0.4, 0.5) is 0 Å². The topological polar surface area (TPSA) is 68.8 Å². The highest BCUT2D eigenvalue weighted by atomic mass is 16.1. The molecule has 156 valence electrons. The fraction of sp³-hybridized carbons (Fsp3) is 0.636. The fourth-order valence-electron chi connectivity index (χ4n) is 3.70. The molecule has 1 aromatic carbocycles. The molecule has 0 aromatic heterocycles. The highest BCUT2D eigenvalue weighted by Gasteiger charge is 2.17. The molecule has 0 saturated heterocycles. The number of hydrogen-bond acceptors (Lipinski definition) is 3. The van der Waals surface area contributed by atoms with E-state index in [2.05, 4.69) is 40.9 Å². The van der Waals surface area contributed by atoms with E-state index in [9.17, 15) is 4.79 Å². The second-order valence-electron chi connectivity index (χ2n) is 7.49. The molecule has 6 heteroatoms. The molecule has 6 nitrogen and oxygen atoms in total. The second kappa shape index (κ2) is 12.4. The number of likely N-dealkylation sites (N-methyl/N-ethyl adjacent to an activating group) is 1. The van der Waals surface area contributed by atoms with Crippen LogP contribution in [0.15, 0.2) is 29.3 Å². The van der Waals surface area contributed by atoms with Gasteiger partial charge in [0.2, 0.25) is 0 Å². The number of rotatable bonds is 9. The summed E-state index contributed by atoms with van der Waals surface area (Å²) in [6, 6.07) is 8.50.